The molecule has 1 saturated heterocycles. The number of sulfone groups is 1. The molecule has 0 amide bonds. The van der Waals surface area contributed by atoms with Crippen molar-refractivity contribution in [1.82, 2.24) is 5.32 Å². The molecule has 2 aliphatic rings. The second kappa shape index (κ2) is 5.50. The molecule has 94 valence electrons. The lowest BCUT2D eigenvalue weighted by Crippen LogP contribution is -2.29. The molecule has 2 fully saturated rings. The van der Waals surface area contributed by atoms with E-state index in [4.69, 9.17) is 0 Å². The van der Waals surface area contributed by atoms with Crippen LogP contribution in [0, 0.1) is 11.8 Å². The number of hydrogen-bond acceptors (Lipinski definition) is 3. The molecule has 1 N–H and O–H groups in total. The van der Waals surface area contributed by atoms with E-state index in [1.54, 1.807) is 0 Å². The van der Waals surface area contributed by atoms with Crippen LogP contribution in [0.4, 0.5) is 0 Å². The van der Waals surface area contributed by atoms with E-state index in [1.165, 1.54) is 32.1 Å². The first-order valence-electron chi connectivity index (χ1n) is 6.57. The van der Waals surface area contributed by atoms with E-state index in [1.807, 2.05) is 0 Å². The molecule has 1 aliphatic carbocycles. The Morgan fingerprint density at radius 1 is 0.938 bits per heavy atom. The molecular weight excluding hydrogens is 222 g/mol. The third-order valence-electron chi connectivity index (χ3n) is 3.92. The van der Waals surface area contributed by atoms with Gasteiger partial charge in [-0.05, 0) is 44.2 Å². The Morgan fingerprint density at radius 3 is 2.25 bits per heavy atom. The third-order valence-corrected chi connectivity index (χ3v) is 5.75. The average molecular weight is 245 g/mol. The lowest BCUT2D eigenvalue weighted by Gasteiger charge is -2.22. The summed E-state index contributed by atoms with van der Waals surface area (Å²) in [5.41, 5.74) is 0. The zero-order valence-corrected chi connectivity index (χ0v) is 10.8. The molecule has 0 bridgehead atoms. The van der Waals surface area contributed by atoms with Crippen LogP contribution in [-0.2, 0) is 9.84 Å². The molecule has 2 rings (SSSR count). The summed E-state index contributed by atoms with van der Waals surface area (Å²) in [5, 5.41) is 3.47. The fourth-order valence-electron chi connectivity index (χ4n) is 2.92. The van der Waals surface area contributed by atoms with Gasteiger partial charge >= 0.3 is 0 Å². The molecule has 0 aromatic rings. The highest BCUT2D eigenvalue weighted by Crippen LogP contribution is 2.23. The van der Waals surface area contributed by atoms with Crippen LogP contribution in [0.3, 0.4) is 0 Å². The highest BCUT2D eigenvalue weighted by molar-refractivity contribution is 7.91. The minimum absolute atomic E-state index is 0.369. The van der Waals surface area contributed by atoms with Crippen molar-refractivity contribution in [3.8, 4) is 0 Å². The lowest BCUT2D eigenvalue weighted by atomic mass is 9.89. The van der Waals surface area contributed by atoms with Crippen molar-refractivity contribution < 1.29 is 8.42 Å². The van der Waals surface area contributed by atoms with E-state index in [2.05, 4.69) is 5.32 Å². The van der Waals surface area contributed by atoms with Gasteiger partial charge in [-0.3, -0.25) is 0 Å². The van der Waals surface area contributed by atoms with Crippen molar-refractivity contribution in [2.24, 2.45) is 11.8 Å². The topological polar surface area (TPSA) is 46.2 Å². The van der Waals surface area contributed by atoms with Crippen LogP contribution in [0.5, 0.6) is 0 Å². The van der Waals surface area contributed by atoms with Gasteiger partial charge in [0.25, 0.3) is 0 Å². The summed E-state index contributed by atoms with van der Waals surface area (Å²) in [6.45, 7) is 1.99. The summed E-state index contributed by atoms with van der Waals surface area (Å²) in [5.74, 6) is 2.02. The van der Waals surface area contributed by atoms with E-state index in [0.29, 0.717) is 17.4 Å². The number of rotatable bonds is 4. The second-order valence-corrected chi connectivity index (χ2v) is 7.66. The van der Waals surface area contributed by atoms with Crippen molar-refractivity contribution in [3.05, 3.63) is 0 Å². The first-order valence-corrected chi connectivity index (χ1v) is 8.39. The van der Waals surface area contributed by atoms with Crippen LogP contribution in [0.2, 0.25) is 0 Å². The summed E-state index contributed by atoms with van der Waals surface area (Å²) in [4.78, 5) is 0. The summed E-state index contributed by atoms with van der Waals surface area (Å²) in [7, 11) is -2.69. The smallest absolute Gasteiger partial charge is 0.150 e. The molecule has 4 heteroatoms. The Bertz CT molecular complexity index is 307. The van der Waals surface area contributed by atoms with Crippen LogP contribution in [0.1, 0.15) is 38.5 Å². The van der Waals surface area contributed by atoms with E-state index in [9.17, 15) is 8.42 Å². The minimum Gasteiger partial charge on any atom is -0.316 e. The maximum absolute atomic E-state index is 11.3. The Hall–Kier alpha value is -0.0900. The van der Waals surface area contributed by atoms with Gasteiger partial charge in [0.15, 0.2) is 9.84 Å². The largest absolute Gasteiger partial charge is 0.316 e. The molecule has 1 unspecified atom stereocenters. The summed E-state index contributed by atoms with van der Waals surface area (Å²) in [6.07, 6.45) is 7.73. The van der Waals surface area contributed by atoms with Gasteiger partial charge in [0.2, 0.25) is 0 Å². The molecule has 3 nitrogen and oxygen atoms in total. The lowest BCUT2D eigenvalue weighted by molar-refractivity contribution is 0.335. The van der Waals surface area contributed by atoms with E-state index < -0.39 is 9.84 Å². The van der Waals surface area contributed by atoms with Crippen molar-refractivity contribution in [2.45, 2.75) is 38.5 Å². The van der Waals surface area contributed by atoms with Crippen molar-refractivity contribution in [3.63, 3.8) is 0 Å². The van der Waals surface area contributed by atoms with Gasteiger partial charge in [0.05, 0.1) is 11.5 Å². The Balaban J connectivity index is 1.61. The average Bonchev–Trinajstić information content (AvgIpc) is 2.60. The summed E-state index contributed by atoms with van der Waals surface area (Å²) >= 11 is 0. The zero-order chi connectivity index (χ0) is 11.4. The predicted molar refractivity (Wildman–Crippen MR) is 66.2 cm³/mol. The van der Waals surface area contributed by atoms with Gasteiger partial charge in [0, 0.05) is 0 Å². The Morgan fingerprint density at radius 2 is 1.62 bits per heavy atom. The minimum atomic E-state index is -2.69. The maximum atomic E-state index is 11.3. The number of hydrogen-bond donors (Lipinski definition) is 1. The standard InChI is InChI=1S/C12H23NO2S/c14-16(15)7-6-12(10-16)9-13-8-11-4-2-1-3-5-11/h11-13H,1-10H2. The highest BCUT2D eigenvalue weighted by Gasteiger charge is 2.27. The molecule has 0 aromatic carbocycles. The summed E-state index contributed by atoms with van der Waals surface area (Å²) in [6, 6.07) is 0. The van der Waals surface area contributed by atoms with Gasteiger partial charge in [-0.2, -0.15) is 0 Å². The van der Waals surface area contributed by atoms with Crippen LogP contribution in [0.15, 0.2) is 0 Å². The van der Waals surface area contributed by atoms with Crippen LogP contribution >= 0.6 is 0 Å². The third kappa shape index (κ3) is 3.74. The van der Waals surface area contributed by atoms with E-state index in [-0.39, 0.29) is 0 Å². The first-order chi connectivity index (χ1) is 7.66. The molecule has 16 heavy (non-hydrogen) atoms. The van der Waals surface area contributed by atoms with Crippen LogP contribution in [-0.4, -0.2) is 33.0 Å². The molecule has 0 aromatic heterocycles. The SMILES string of the molecule is O=S1(=O)CCC(CNCC2CCCCC2)C1. The van der Waals surface area contributed by atoms with Gasteiger partial charge in [-0.1, -0.05) is 19.3 Å². The maximum Gasteiger partial charge on any atom is 0.150 e. The number of nitrogens with one attached hydrogen (secondary N) is 1. The molecular formula is C12H23NO2S. The first kappa shape index (κ1) is 12.4. The quantitative estimate of drug-likeness (QED) is 0.818. The predicted octanol–water partition coefficient (Wildman–Crippen LogP) is 1.59. The molecule has 0 spiro atoms. The Kier molecular flexibility index (Phi) is 4.25. The second-order valence-electron chi connectivity index (χ2n) is 5.43. The molecule has 0 radical (unpaired) electrons. The van der Waals surface area contributed by atoms with Crippen LogP contribution < -0.4 is 5.32 Å². The summed E-state index contributed by atoms with van der Waals surface area (Å²) < 4.78 is 22.6. The fraction of sp³-hybridized carbons (Fsp3) is 1.00. The van der Waals surface area contributed by atoms with Gasteiger partial charge in [-0.15, -0.1) is 0 Å². The van der Waals surface area contributed by atoms with Gasteiger partial charge in [0.1, 0.15) is 0 Å². The van der Waals surface area contributed by atoms with Gasteiger partial charge in [-0.25, -0.2) is 8.42 Å². The van der Waals surface area contributed by atoms with E-state index >= 15 is 0 Å². The highest BCUT2D eigenvalue weighted by atomic mass is 32.2. The van der Waals surface area contributed by atoms with Gasteiger partial charge < -0.3 is 5.32 Å². The normalized spacial score (nSPS) is 30.6. The molecule has 1 aliphatic heterocycles. The van der Waals surface area contributed by atoms with Crippen molar-refractivity contribution in [2.75, 3.05) is 24.6 Å². The van der Waals surface area contributed by atoms with Crippen LogP contribution in [0.25, 0.3) is 0 Å². The van der Waals surface area contributed by atoms with Crippen molar-refractivity contribution >= 4 is 9.84 Å². The monoisotopic (exact) mass is 245 g/mol. The molecule has 1 heterocycles. The fourth-order valence-corrected chi connectivity index (χ4v) is 4.78. The van der Waals surface area contributed by atoms with E-state index in [0.717, 1.165) is 25.4 Å². The molecule has 1 saturated carbocycles. The Labute approximate surface area is 98.9 Å². The zero-order valence-electron chi connectivity index (χ0n) is 9.95. The molecule has 1 atom stereocenters. The van der Waals surface area contributed by atoms with Crippen molar-refractivity contribution in [1.29, 1.82) is 0 Å².